The Kier molecular flexibility index (Phi) is 2.67. The highest BCUT2D eigenvalue weighted by molar-refractivity contribution is 5.65. The van der Waals surface area contributed by atoms with Gasteiger partial charge in [-0.3, -0.25) is 0 Å². The fourth-order valence-electron chi connectivity index (χ4n) is 1.79. The van der Waals surface area contributed by atoms with Crippen molar-refractivity contribution in [3.63, 3.8) is 0 Å². The smallest absolute Gasteiger partial charge is 0.165 e. The van der Waals surface area contributed by atoms with Gasteiger partial charge < -0.3 is 9.84 Å². The Morgan fingerprint density at radius 3 is 2.28 bits per heavy atom. The van der Waals surface area contributed by atoms with Crippen molar-refractivity contribution in [2.45, 2.75) is 18.9 Å². The number of halogens is 1. The molecule has 1 aliphatic rings. The molecule has 1 N–H and O–H groups in total. The minimum Gasteiger partial charge on any atom is -0.505 e. The van der Waals surface area contributed by atoms with E-state index in [1.54, 1.807) is 6.07 Å². The summed E-state index contributed by atoms with van der Waals surface area (Å²) in [6.45, 7) is 0. The lowest BCUT2D eigenvalue weighted by Gasteiger charge is -2.06. The molecule has 0 heterocycles. The van der Waals surface area contributed by atoms with Gasteiger partial charge in [0.15, 0.2) is 11.6 Å². The number of phenols is 1. The summed E-state index contributed by atoms with van der Waals surface area (Å²) in [5.74, 6) is -0.0845. The van der Waals surface area contributed by atoms with Crippen LogP contribution in [-0.2, 0) is 0 Å². The summed E-state index contributed by atoms with van der Waals surface area (Å²) in [4.78, 5) is 0. The van der Waals surface area contributed by atoms with E-state index in [2.05, 4.69) is 0 Å². The third kappa shape index (κ3) is 2.30. The number of ether oxygens (including phenoxy) is 1. The summed E-state index contributed by atoms with van der Waals surface area (Å²) in [6, 6.07) is 11.9. The SMILES string of the molecule is Oc1ccc(-c2ccc(OC3CC3)cc2)cc1F. The average Bonchev–Trinajstić information content (AvgIpc) is 3.18. The normalized spacial score (nSPS) is 14.5. The Labute approximate surface area is 105 Å². The van der Waals surface area contributed by atoms with Crippen LogP contribution in [0.15, 0.2) is 42.5 Å². The summed E-state index contributed by atoms with van der Waals surface area (Å²) in [7, 11) is 0. The summed E-state index contributed by atoms with van der Waals surface area (Å²) in [6.07, 6.45) is 2.64. The average molecular weight is 244 g/mol. The standard InChI is InChI=1S/C15H13FO2/c16-14-9-11(3-8-15(14)17)10-1-4-12(5-2-10)18-13-6-7-13/h1-5,8-9,13,17H,6-7H2. The van der Waals surface area contributed by atoms with Gasteiger partial charge in [-0.1, -0.05) is 18.2 Å². The van der Waals surface area contributed by atoms with Gasteiger partial charge in [0.05, 0.1) is 6.10 Å². The Morgan fingerprint density at radius 1 is 1.00 bits per heavy atom. The third-order valence-corrected chi connectivity index (χ3v) is 2.96. The third-order valence-electron chi connectivity index (χ3n) is 2.96. The second-order valence-corrected chi connectivity index (χ2v) is 4.51. The van der Waals surface area contributed by atoms with Gasteiger partial charge in [0.2, 0.25) is 0 Å². The summed E-state index contributed by atoms with van der Waals surface area (Å²) in [5, 5.41) is 9.15. The van der Waals surface area contributed by atoms with Crippen molar-refractivity contribution in [2.75, 3.05) is 0 Å². The van der Waals surface area contributed by atoms with Crippen LogP contribution in [-0.4, -0.2) is 11.2 Å². The lowest BCUT2D eigenvalue weighted by Crippen LogP contribution is -1.95. The van der Waals surface area contributed by atoms with Gasteiger partial charge in [0.25, 0.3) is 0 Å². The first-order valence-corrected chi connectivity index (χ1v) is 5.98. The van der Waals surface area contributed by atoms with E-state index in [0.717, 1.165) is 29.7 Å². The van der Waals surface area contributed by atoms with Gasteiger partial charge in [0.1, 0.15) is 5.75 Å². The highest BCUT2D eigenvalue weighted by Crippen LogP contribution is 2.29. The minimum atomic E-state index is -0.606. The Morgan fingerprint density at radius 2 is 1.67 bits per heavy atom. The van der Waals surface area contributed by atoms with E-state index in [0.29, 0.717) is 6.10 Å². The Hall–Kier alpha value is -2.03. The van der Waals surface area contributed by atoms with Crippen molar-refractivity contribution in [3.8, 4) is 22.6 Å². The molecule has 0 saturated heterocycles. The molecule has 3 heteroatoms. The molecule has 18 heavy (non-hydrogen) atoms. The van der Waals surface area contributed by atoms with Gasteiger partial charge in [-0.25, -0.2) is 4.39 Å². The molecule has 1 aliphatic carbocycles. The molecular formula is C15H13FO2. The predicted octanol–water partition coefficient (Wildman–Crippen LogP) is 3.74. The van der Waals surface area contributed by atoms with E-state index < -0.39 is 5.82 Å². The number of phenolic OH excluding ortho intramolecular Hbond substituents is 1. The molecule has 0 amide bonds. The fraction of sp³-hybridized carbons (Fsp3) is 0.200. The van der Waals surface area contributed by atoms with Crippen LogP contribution in [0.3, 0.4) is 0 Å². The molecule has 1 fully saturated rings. The van der Waals surface area contributed by atoms with Gasteiger partial charge in [-0.15, -0.1) is 0 Å². The van der Waals surface area contributed by atoms with Crippen molar-refractivity contribution in [3.05, 3.63) is 48.3 Å². The molecule has 3 rings (SSSR count). The highest BCUT2D eigenvalue weighted by Gasteiger charge is 2.23. The van der Waals surface area contributed by atoms with Crippen LogP contribution < -0.4 is 4.74 Å². The van der Waals surface area contributed by atoms with Crippen LogP contribution in [0.4, 0.5) is 4.39 Å². The zero-order chi connectivity index (χ0) is 12.5. The van der Waals surface area contributed by atoms with E-state index in [1.807, 2.05) is 24.3 Å². The first kappa shape index (κ1) is 11.1. The summed E-state index contributed by atoms with van der Waals surface area (Å²) >= 11 is 0. The Balaban J connectivity index is 1.84. The molecule has 0 unspecified atom stereocenters. The van der Waals surface area contributed by atoms with Crippen LogP contribution in [0.1, 0.15) is 12.8 Å². The molecule has 0 radical (unpaired) electrons. The quantitative estimate of drug-likeness (QED) is 0.891. The number of benzene rings is 2. The van der Waals surface area contributed by atoms with E-state index in [1.165, 1.54) is 12.1 Å². The summed E-state index contributed by atoms with van der Waals surface area (Å²) in [5.41, 5.74) is 1.64. The maximum atomic E-state index is 13.2. The van der Waals surface area contributed by atoms with Gasteiger partial charge >= 0.3 is 0 Å². The number of aromatic hydroxyl groups is 1. The second-order valence-electron chi connectivity index (χ2n) is 4.51. The number of hydrogen-bond acceptors (Lipinski definition) is 2. The van der Waals surface area contributed by atoms with Gasteiger partial charge in [-0.2, -0.15) is 0 Å². The van der Waals surface area contributed by atoms with Crippen LogP contribution in [0.2, 0.25) is 0 Å². The molecule has 0 aliphatic heterocycles. The van der Waals surface area contributed by atoms with E-state index in [9.17, 15) is 4.39 Å². The Bertz CT molecular complexity index is 559. The molecule has 2 nitrogen and oxygen atoms in total. The van der Waals surface area contributed by atoms with Crippen molar-refractivity contribution >= 4 is 0 Å². The first-order valence-electron chi connectivity index (χ1n) is 5.98. The van der Waals surface area contributed by atoms with Gasteiger partial charge in [-0.05, 0) is 48.2 Å². The minimum absolute atomic E-state index is 0.326. The summed E-state index contributed by atoms with van der Waals surface area (Å²) < 4.78 is 18.9. The maximum Gasteiger partial charge on any atom is 0.165 e. The predicted molar refractivity (Wildman–Crippen MR) is 67.2 cm³/mol. The fourth-order valence-corrected chi connectivity index (χ4v) is 1.79. The van der Waals surface area contributed by atoms with E-state index in [-0.39, 0.29) is 5.75 Å². The van der Waals surface area contributed by atoms with Crippen LogP contribution in [0.25, 0.3) is 11.1 Å². The monoisotopic (exact) mass is 244 g/mol. The van der Waals surface area contributed by atoms with Crippen molar-refractivity contribution in [1.82, 2.24) is 0 Å². The molecule has 92 valence electrons. The topological polar surface area (TPSA) is 29.5 Å². The van der Waals surface area contributed by atoms with E-state index in [4.69, 9.17) is 9.84 Å². The van der Waals surface area contributed by atoms with Crippen LogP contribution in [0, 0.1) is 5.82 Å². The second kappa shape index (κ2) is 4.33. The lowest BCUT2D eigenvalue weighted by molar-refractivity contribution is 0.303. The molecular weight excluding hydrogens is 231 g/mol. The molecule has 0 spiro atoms. The molecule has 1 saturated carbocycles. The number of hydrogen-bond donors (Lipinski definition) is 1. The van der Waals surface area contributed by atoms with Crippen molar-refractivity contribution in [2.24, 2.45) is 0 Å². The van der Waals surface area contributed by atoms with Crippen molar-refractivity contribution < 1.29 is 14.2 Å². The zero-order valence-corrected chi connectivity index (χ0v) is 9.77. The lowest BCUT2D eigenvalue weighted by atomic mass is 10.1. The molecule has 0 aromatic heterocycles. The highest BCUT2D eigenvalue weighted by atomic mass is 19.1. The largest absolute Gasteiger partial charge is 0.505 e. The maximum absolute atomic E-state index is 13.2. The zero-order valence-electron chi connectivity index (χ0n) is 9.77. The van der Waals surface area contributed by atoms with E-state index >= 15 is 0 Å². The van der Waals surface area contributed by atoms with Crippen LogP contribution >= 0.6 is 0 Å². The first-order chi connectivity index (χ1) is 8.72. The van der Waals surface area contributed by atoms with Gasteiger partial charge in [0, 0.05) is 0 Å². The molecule has 0 bridgehead atoms. The number of rotatable bonds is 3. The molecule has 2 aromatic carbocycles. The van der Waals surface area contributed by atoms with Crippen molar-refractivity contribution in [1.29, 1.82) is 0 Å². The molecule has 0 atom stereocenters. The molecule has 2 aromatic rings. The van der Waals surface area contributed by atoms with Crippen LogP contribution in [0.5, 0.6) is 11.5 Å².